The van der Waals surface area contributed by atoms with E-state index >= 15 is 0 Å². The average Bonchev–Trinajstić information content (AvgIpc) is 2.61. The van der Waals surface area contributed by atoms with E-state index in [0.29, 0.717) is 31.0 Å². The maximum Gasteiger partial charge on any atom is 0.338 e. The van der Waals surface area contributed by atoms with Gasteiger partial charge >= 0.3 is 11.9 Å². The Morgan fingerprint density at radius 1 is 1.29 bits per heavy atom. The van der Waals surface area contributed by atoms with Crippen molar-refractivity contribution < 1.29 is 23.9 Å². The summed E-state index contributed by atoms with van der Waals surface area (Å²) in [4.78, 5) is 37.0. The quantitative estimate of drug-likeness (QED) is 0.649. The molecule has 0 atom stereocenters. The minimum absolute atomic E-state index is 0.182. The van der Waals surface area contributed by atoms with Crippen molar-refractivity contribution in [3.05, 3.63) is 28.8 Å². The van der Waals surface area contributed by atoms with Crippen LogP contribution in [0.3, 0.4) is 0 Å². The second-order valence-corrected chi connectivity index (χ2v) is 5.90. The molecule has 24 heavy (non-hydrogen) atoms. The molecule has 0 bridgehead atoms. The molecule has 2 N–H and O–H groups in total. The zero-order valence-electron chi connectivity index (χ0n) is 13.3. The van der Waals surface area contributed by atoms with Gasteiger partial charge in [0.15, 0.2) is 6.61 Å². The van der Waals surface area contributed by atoms with E-state index < -0.39 is 5.97 Å². The normalized spacial score (nSPS) is 15.0. The third-order valence-electron chi connectivity index (χ3n) is 3.94. The van der Waals surface area contributed by atoms with Crippen molar-refractivity contribution in [2.24, 2.45) is 5.92 Å². The maximum atomic E-state index is 12.1. The largest absolute Gasteiger partial charge is 0.469 e. The third-order valence-corrected chi connectivity index (χ3v) is 4.28. The molecule has 1 saturated heterocycles. The highest BCUT2D eigenvalue weighted by Gasteiger charge is 2.28. The van der Waals surface area contributed by atoms with Gasteiger partial charge < -0.3 is 20.1 Å². The van der Waals surface area contributed by atoms with Crippen LogP contribution in [0, 0.1) is 5.92 Å². The van der Waals surface area contributed by atoms with Crippen molar-refractivity contribution in [3.8, 4) is 0 Å². The number of esters is 2. The predicted octanol–water partition coefficient (Wildman–Crippen LogP) is 1.49. The number of rotatable bonds is 4. The Bertz CT molecular complexity index is 641. The molecule has 8 heteroatoms. The minimum atomic E-state index is -0.642. The van der Waals surface area contributed by atoms with Gasteiger partial charge in [0.05, 0.1) is 29.3 Å². The Kier molecular flexibility index (Phi) is 6.03. The van der Waals surface area contributed by atoms with E-state index in [1.165, 1.54) is 25.3 Å². The highest BCUT2D eigenvalue weighted by Crippen LogP contribution is 2.20. The van der Waals surface area contributed by atoms with E-state index in [-0.39, 0.29) is 35.7 Å². The van der Waals surface area contributed by atoms with E-state index in [9.17, 15) is 14.4 Å². The van der Waals surface area contributed by atoms with Crippen LogP contribution in [0.25, 0.3) is 0 Å². The fraction of sp³-hybridized carbons (Fsp3) is 0.438. The number of piperidine rings is 1. The van der Waals surface area contributed by atoms with Crippen LogP contribution in [0.5, 0.6) is 0 Å². The Hall–Kier alpha value is -2.28. The molecule has 1 heterocycles. The van der Waals surface area contributed by atoms with Crippen molar-refractivity contribution >= 4 is 35.1 Å². The molecule has 1 aliphatic rings. The molecule has 0 spiro atoms. The van der Waals surface area contributed by atoms with Gasteiger partial charge in [-0.05, 0) is 31.0 Å². The lowest BCUT2D eigenvalue weighted by molar-refractivity contribution is -0.149. The number of nitrogens with zero attached hydrogens (tertiary/aromatic N) is 1. The molecule has 1 amide bonds. The molecule has 7 nitrogen and oxygen atoms in total. The number of carbonyl (C=O) groups is 3. The molecule has 130 valence electrons. The predicted molar refractivity (Wildman–Crippen MR) is 87.5 cm³/mol. The SMILES string of the molecule is COC(=O)C1CCN(C(=O)COC(=O)c2ccc(Cl)c(N)c2)CC1. The number of methoxy groups -OCH3 is 1. The van der Waals surface area contributed by atoms with Crippen molar-refractivity contribution in [2.75, 3.05) is 32.5 Å². The highest BCUT2D eigenvalue weighted by molar-refractivity contribution is 6.33. The van der Waals surface area contributed by atoms with Gasteiger partial charge in [0.25, 0.3) is 5.91 Å². The van der Waals surface area contributed by atoms with E-state index in [1.807, 2.05) is 0 Å². The van der Waals surface area contributed by atoms with Crippen molar-refractivity contribution in [3.63, 3.8) is 0 Å². The highest BCUT2D eigenvalue weighted by atomic mass is 35.5. The number of benzene rings is 1. The van der Waals surface area contributed by atoms with Crippen LogP contribution in [0.4, 0.5) is 5.69 Å². The first kappa shape index (κ1) is 18.1. The zero-order chi connectivity index (χ0) is 17.7. The number of anilines is 1. The summed E-state index contributed by atoms with van der Waals surface area (Å²) in [7, 11) is 1.35. The average molecular weight is 355 g/mol. The number of hydrogen-bond acceptors (Lipinski definition) is 6. The van der Waals surface area contributed by atoms with Gasteiger partial charge in [-0.15, -0.1) is 0 Å². The molecular formula is C16H19ClN2O5. The van der Waals surface area contributed by atoms with Crippen LogP contribution in [-0.4, -0.2) is 49.6 Å². The van der Waals surface area contributed by atoms with Crippen LogP contribution >= 0.6 is 11.6 Å². The fourth-order valence-corrected chi connectivity index (χ4v) is 2.62. The fourth-order valence-electron chi connectivity index (χ4n) is 2.50. The summed E-state index contributed by atoms with van der Waals surface area (Å²) in [6.45, 7) is 0.512. The molecule has 0 radical (unpaired) electrons. The molecular weight excluding hydrogens is 336 g/mol. The summed E-state index contributed by atoms with van der Waals surface area (Å²) >= 11 is 5.79. The third kappa shape index (κ3) is 4.38. The summed E-state index contributed by atoms with van der Waals surface area (Å²) in [5.74, 6) is -1.38. The smallest absolute Gasteiger partial charge is 0.338 e. The van der Waals surface area contributed by atoms with Gasteiger partial charge in [0.2, 0.25) is 0 Å². The standard InChI is InChI=1S/C16H19ClN2O5/c1-23-15(21)10-4-6-19(7-5-10)14(20)9-24-16(22)11-2-3-12(17)13(18)8-11/h2-3,8,10H,4-7,9,18H2,1H3. The van der Waals surface area contributed by atoms with Gasteiger partial charge in [0, 0.05) is 13.1 Å². The van der Waals surface area contributed by atoms with Gasteiger partial charge in [-0.3, -0.25) is 9.59 Å². The van der Waals surface area contributed by atoms with Gasteiger partial charge in [-0.1, -0.05) is 11.6 Å². The van der Waals surface area contributed by atoms with Crippen molar-refractivity contribution in [2.45, 2.75) is 12.8 Å². The number of carbonyl (C=O) groups excluding carboxylic acids is 3. The Morgan fingerprint density at radius 2 is 1.96 bits per heavy atom. The number of likely N-dealkylation sites (tertiary alicyclic amines) is 1. The van der Waals surface area contributed by atoms with Crippen LogP contribution in [-0.2, 0) is 19.1 Å². The molecule has 1 fully saturated rings. The van der Waals surface area contributed by atoms with Gasteiger partial charge in [-0.25, -0.2) is 4.79 Å². The number of nitrogens with two attached hydrogens (primary N) is 1. The van der Waals surface area contributed by atoms with E-state index in [4.69, 9.17) is 26.8 Å². The Labute approximate surface area is 144 Å². The van der Waals surface area contributed by atoms with Crippen LogP contribution in [0.15, 0.2) is 18.2 Å². The summed E-state index contributed by atoms with van der Waals surface area (Å²) in [6, 6.07) is 4.37. The molecule has 0 unspecified atom stereocenters. The summed E-state index contributed by atoms with van der Waals surface area (Å²) in [5, 5.41) is 0.344. The summed E-state index contributed by atoms with van der Waals surface area (Å²) < 4.78 is 9.71. The molecule has 0 aliphatic carbocycles. The lowest BCUT2D eigenvalue weighted by atomic mass is 9.97. The first-order valence-electron chi connectivity index (χ1n) is 7.50. The number of nitrogen functional groups attached to an aromatic ring is 1. The molecule has 2 rings (SSSR count). The summed E-state index contributed by atoms with van der Waals surface area (Å²) in [6.07, 6.45) is 1.08. The monoisotopic (exact) mass is 354 g/mol. The molecule has 1 aliphatic heterocycles. The Morgan fingerprint density at radius 3 is 2.54 bits per heavy atom. The minimum Gasteiger partial charge on any atom is -0.469 e. The van der Waals surface area contributed by atoms with E-state index in [1.54, 1.807) is 4.90 Å². The number of ether oxygens (including phenoxy) is 2. The zero-order valence-corrected chi connectivity index (χ0v) is 14.0. The lowest BCUT2D eigenvalue weighted by Gasteiger charge is -2.30. The topological polar surface area (TPSA) is 98.9 Å². The molecule has 1 aromatic rings. The molecule has 1 aromatic carbocycles. The van der Waals surface area contributed by atoms with Crippen LogP contribution in [0.2, 0.25) is 5.02 Å². The first-order chi connectivity index (χ1) is 11.4. The number of amides is 1. The summed E-state index contributed by atoms with van der Waals surface area (Å²) in [5.41, 5.74) is 6.12. The second-order valence-electron chi connectivity index (χ2n) is 5.49. The molecule has 0 aromatic heterocycles. The second kappa shape index (κ2) is 8.01. The maximum absolute atomic E-state index is 12.1. The van der Waals surface area contributed by atoms with Crippen LogP contribution in [0.1, 0.15) is 23.2 Å². The van der Waals surface area contributed by atoms with Crippen LogP contribution < -0.4 is 5.73 Å². The first-order valence-corrected chi connectivity index (χ1v) is 7.88. The van der Waals surface area contributed by atoms with Crippen molar-refractivity contribution in [1.82, 2.24) is 4.90 Å². The Balaban J connectivity index is 1.82. The lowest BCUT2D eigenvalue weighted by Crippen LogP contribution is -2.42. The van der Waals surface area contributed by atoms with E-state index in [0.717, 1.165) is 0 Å². The number of hydrogen-bond donors (Lipinski definition) is 1. The van der Waals surface area contributed by atoms with Gasteiger partial charge in [0.1, 0.15) is 0 Å². The molecule has 0 saturated carbocycles. The van der Waals surface area contributed by atoms with Gasteiger partial charge in [-0.2, -0.15) is 0 Å². The van der Waals surface area contributed by atoms with Crippen molar-refractivity contribution in [1.29, 1.82) is 0 Å². The number of halogens is 1. The van der Waals surface area contributed by atoms with E-state index in [2.05, 4.69) is 0 Å².